The van der Waals surface area contributed by atoms with Crippen molar-refractivity contribution in [3.63, 3.8) is 0 Å². The van der Waals surface area contributed by atoms with E-state index in [-0.39, 0.29) is 17.4 Å². The molecule has 0 saturated carbocycles. The Kier molecular flexibility index (Phi) is 5.97. The molecule has 0 aliphatic heterocycles. The smallest absolute Gasteiger partial charge is 0.343 e. The van der Waals surface area contributed by atoms with Crippen LogP contribution in [0.4, 0.5) is 4.39 Å². The molecule has 0 unspecified atom stereocenters. The van der Waals surface area contributed by atoms with Crippen molar-refractivity contribution in [1.29, 1.82) is 0 Å². The van der Waals surface area contributed by atoms with Gasteiger partial charge in [-0.15, -0.1) is 5.10 Å². The van der Waals surface area contributed by atoms with Crippen LogP contribution in [0.25, 0.3) is 0 Å². The predicted octanol–water partition coefficient (Wildman–Crippen LogP) is 1.92. The van der Waals surface area contributed by atoms with Gasteiger partial charge in [0.15, 0.2) is 5.16 Å². The first-order chi connectivity index (χ1) is 11.0. The molecule has 1 amide bonds. The summed E-state index contributed by atoms with van der Waals surface area (Å²) in [4.78, 5) is 23.8. The van der Waals surface area contributed by atoms with Crippen molar-refractivity contribution < 1.29 is 9.18 Å². The molecule has 8 heteroatoms. The number of aromatic amines is 1. The fourth-order valence-electron chi connectivity index (χ4n) is 1.96. The molecule has 2 N–H and O–H groups in total. The molecule has 1 aromatic heterocycles. The Morgan fingerprint density at radius 2 is 2.13 bits per heavy atom. The number of benzene rings is 1. The fourth-order valence-corrected chi connectivity index (χ4v) is 2.87. The van der Waals surface area contributed by atoms with Gasteiger partial charge < -0.3 is 5.32 Å². The van der Waals surface area contributed by atoms with Crippen LogP contribution in [0.3, 0.4) is 0 Å². The van der Waals surface area contributed by atoms with Crippen molar-refractivity contribution >= 4 is 17.7 Å². The normalized spacial score (nSPS) is 12.1. The lowest BCUT2D eigenvalue weighted by Gasteiger charge is -2.12. The molecular weight excluding hydrogens is 319 g/mol. The summed E-state index contributed by atoms with van der Waals surface area (Å²) in [7, 11) is 0. The second kappa shape index (κ2) is 7.96. The highest BCUT2D eigenvalue weighted by atomic mass is 32.2. The summed E-state index contributed by atoms with van der Waals surface area (Å²) in [5.41, 5.74) is 0.549. The van der Waals surface area contributed by atoms with Crippen LogP contribution < -0.4 is 11.0 Å². The number of hydrogen-bond donors (Lipinski definition) is 2. The summed E-state index contributed by atoms with van der Waals surface area (Å²) in [6.07, 6.45) is 0.804. The van der Waals surface area contributed by atoms with Crippen LogP contribution in [0.5, 0.6) is 0 Å². The Morgan fingerprint density at radius 3 is 2.78 bits per heavy atom. The standard InChI is InChI=1S/C15H19FN4O2S/c1-3-8-20-14(22)18-19-15(20)23-10(2)13(21)17-9-11-4-6-12(16)7-5-11/h4-7,10H,3,8-9H2,1-2H3,(H,17,21)(H,18,22)/t10-/m1/s1. The maximum Gasteiger partial charge on any atom is 0.343 e. The molecule has 6 nitrogen and oxygen atoms in total. The first kappa shape index (κ1) is 17.3. The average Bonchev–Trinajstić information content (AvgIpc) is 2.87. The highest BCUT2D eigenvalue weighted by molar-refractivity contribution is 8.00. The number of amides is 1. The van der Waals surface area contributed by atoms with E-state index in [4.69, 9.17) is 0 Å². The van der Waals surface area contributed by atoms with Crippen LogP contribution in [0.1, 0.15) is 25.8 Å². The van der Waals surface area contributed by atoms with E-state index in [2.05, 4.69) is 15.5 Å². The number of rotatable bonds is 7. The van der Waals surface area contributed by atoms with E-state index in [9.17, 15) is 14.0 Å². The number of nitrogens with zero attached hydrogens (tertiary/aromatic N) is 2. The Hall–Kier alpha value is -2.09. The highest BCUT2D eigenvalue weighted by Gasteiger charge is 2.18. The Labute approximate surface area is 137 Å². The third kappa shape index (κ3) is 4.69. The molecule has 1 atom stereocenters. The van der Waals surface area contributed by atoms with E-state index in [1.165, 1.54) is 28.5 Å². The van der Waals surface area contributed by atoms with Crippen molar-refractivity contribution in [3.05, 3.63) is 46.1 Å². The van der Waals surface area contributed by atoms with Crippen LogP contribution in [-0.4, -0.2) is 25.9 Å². The topological polar surface area (TPSA) is 79.8 Å². The molecule has 124 valence electrons. The summed E-state index contributed by atoms with van der Waals surface area (Å²) in [6.45, 7) is 4.60. The van der Waals surface area contributed by atoms with E-state index >= 15 is 0 Å². The minimum atomic E-state index is -0.402. The van der Waals surface area contributed by atoms with Gasteiger partial charge in [0.25, 0.3) is 0 Å². The minimum Gasteiger partial charge on any atom is -0.351 e. The summed E-state index contributed by atoms with van der Waals surface area (Å²) < 4.78 is 14.4. The molecule has 1 heterocycles. The second-order valence-electron chi connectivity index (χ2n) is 5.07. The molecule has 0 spiro atoms. The van der Waals surface area contributed by atoms with Crippen molar-refractivity contribution in [3.8, 4) is 0 Å². The van der Waals surface area contributed by atoms with Crippen LogP contribution in [-0.2, 0) is 17.9 Å². The molecule has 2 aromatic rings. The first-order valence-electron chi connectivity index (χ1n) is 7.35. The van der Waals surface area contributed by atoms with Gasteiger partial charge in [0.2, 0.25) is 5.91 Å². The van der Waals surface area contributed by atoms with Gasteiger partial charge in [-0.2, -0.15) is 0 Å². The lowest BCUT2D eigenvalue weighted by Crippen LogP contribution is -2.30. The second-order valence-corrected chi connectivity index (χ2v) is 6.38. The van der Waals surface area contributed by atoms with E-state index in [1.54, 1.807) is 19.1 Å². The molecule has 1 aromatic carbocycles. The molecule has 0 saturated heterocycles. The van der Waals surface area contributed by atoms with E-state index < -0.39 is 5.25 Å². The van der Waals surface area contributed by atoms with Crippen molar-refractivity contribution in [2.24, 2.45) is 0 Å². The molecule has 0 aliphatic rings. The molecular formula is C15H19FN4O2S. The van der Waals surface area contributed by atoms with Gasteiger partial charge in [0.1, 0.15) is 5.82 Å². The first-order valence-corrected chi connectivity index (χ1v) is 8.23. The molecule has 2 rings (SSSR count). The number of thioether (sulfide) groups is 1. The summed E-state index contributed by atoms with van der Waals surface area (Å²) in [6, 6.07) is 5.96. The lowest BCUT2D eigenvalue weighted by molar-refractivity contribution is -0.120. The fraction of sp³-hybridized carbons (Fsp3) is 0.400. The summed E-state index contributed by atoms with van der Waals surface area (Å²) in [5.74, 6) is -0.478. The van der Waals surface area contributed by atoms with E-state index in [0.717, 1.165) is 12.0 Å². The zero-order valence-corrected chi connectivity index (χ0v) is 13.8. The predicted molar refractivity (Wildman–Crippen MR) is 86.7 cm³/mol. The summed E-state index contributed by atoms with van der Waals surface area (Å²) >= 11 is 1.23. The number of carbonyl (C=O) groups excluding carboxylic acids is 1. The monoisotopic (exact) mass is 338 g/mol. The third-order valence-corrected chi connectivity index (χ3v) is 4.29. The van der Waals surface area contributed by atoms with Crippen LogP contribution in [0, 0.1) is 5.82 Å². The van der Waals surface area contributed by atoms with Crippen LogP contribution >= 0.6 is 11.8 Å². The van der Waals surface area contributed by atoms with Crippen LogP contribution in [0.2, 0.25) is 0 Å². The third-order valence-electron chi connectivity index (χ3n) is 3.20. The van der Waals surface area contributed by atoms with Crippen molar-refractivity contribution in [2.75, 3.05) is 0 Å². The van der Waals surface area contributed by atoms with Gasteiger partial charge in [-0.3, -0.25) is 9.36 Å². The van der Waals surface area contributed by atoms with Crippen LogP contribution in [0.15, 0.2) is 34.2 Å². The zero-order chi connectivity index (χ0) is 16.8. The quantitative estimate of drug-likeness (QED) is 0.756. The molecule has 0 aliphatic carbocycles. The van der Waals surface area contributed by atoms with E-state index in [0.29, 0.717) is 18.2 Å². The number of hydrogen-bond acceptors (Lipinski definition) is 4. The number of carbonyl (C=O) groups is 1. The van der Waals surface area contributed by atoms with Gasteiger partial charge in [0, 0.05) is 13.1 Å². The number of aromatic nitrogens is 3. The Balaban J connectivity index is 1.92. The largest absolute Gasteiger partial charge is 0.351 e. The SMILES string of the molecule is CCCn1c(S[C@H](C)C(=O)NCc2ccc(F)cc2)n[nH]c1=O. The summed E-state index contributed by atoms with van der Waals surface area (Å²) in [5, 5.41) is 9.24. The molecule has 0 bridgehead atoms. The van der Waals surface area contributed by atoms with Gasteiger partial charge in [0.05, 0.1) is 5.25 Å². The zero-order valence-electron chi connectivity index (χ0n) is 13.0. The van der Waals surface area contributed by atoms with Gasteiger partial charge in [-0.05, 0) is 31.0 Å². The average molecular weight is 338 g/mol. The number of nitrogens with one attached hydrogen (secondary N) is 2. The number of halogens is 1. The highest BCUT2D eigenvalue weighted by Crippen LogP contribution is 2.20. The Morgan fingerprint density at radius 1 is 1.43 bits per heavy atom. The van der Waals surface area contributed by atoms with Crippen molar-refractivity contribution in [2.45, 2.75) is 43.8 Å². The van der Waals surface area contributed by atoms with Gasteiger partial charge in [-0.1, -0.05) is 30.8 Å². The Bertz CT molecular complexity index is 711. The molecule has 0 fully saturated rings. The van der Waals surface area contributed by atoms with E-state index in [1.807, 2.05) is 6.92 Å². The lowest BCUT2D eigenvalue weighted by atomic mass is 10.2. The maximum atomic E-state index is 12.8. The molecule has 0 radical (unpaired) electrons. The molecule has 23 heavy (non-hydrogen) atoms. The minimum absolute atomic E-state index is 0.169. The number of H-pyrrole nitrogens is 1. The van der Waals surface area contributed by atoms with Crippen molar-refractivity contribution in [1.82, 2.24) is 20.1 Å². The van der Waals surface area contributed by atoms with Gasteiger partial charge >= 0.3 is 5.69 Å². The van der Waals surface area contributed by atoms with Gasteiger partial charge in [-0.25, -0.2) is 14.3 Å². The maximum absolute atomic E-state index is 12.8.